The second-order valence-corrected chi connectivity index (χ2v) is 6.65. The van der Waals surface area contributed by atoms with E-state index in [4.69, 9.17) is 16.0 Å². The Balaban J connectivity index is 1.69. The Morgan fingerprint density at radius 1 is 1.19 bits per heavy atom. The zero-order chi connectivity index (χ0) is 19.4. The maximum absolute atomic E-state index is 12.0. The molecule has 0 aliphatic rings. The van der Waals surface area contributed by atoms with E-state index in [1.165, 1.54) is 24.4 Å². The van der Waals surface area contributed by atoms with Crippen LogP contribution in [0.5, 0.6) is 0 Å². The van der Waals surface area contributed by atoms with Gasteiger partial charge in [0, 0.05) is 27.7 Å². The van der Waals surface area contributed by atoms with Gasteiger partial charge in [-0.15, -0.1) is 0 Å². The molecule has 0 radical (unpaired) electrons. The van der Waals surface area contributed by atoms with E-state index in [1.54, 1.807) is 36.4 Å². The smallest absolute Gasteiger partial charge is 0.271 e. The third-order valence-electron chi connectivity index (χ3n) is 3.52. The molecule has 0 atom stereocenters. The van der Waals surface area contributed by atoms with E-state index < -0.39 is 4.92 Å². The number of rotatable bonds is 5. The standard InChI is InChI=1S/C18H11BrClN3O4/c19-12-3-1-11(2-4-12)18(24)22-21-10-14-6-8-17(27-14)15-7-5-13(23(25)26)9-16(15)20/h1-10H,(H,22,24)/b21-10+. The molecule has 1 N–H and O–H groups in total. The van der Waals surface area contributed by atoms with Gasteiger partial charge in [0.25, 0.3) is 11.6 Å². The van der Waals surface area contributed by atoms with E-state index >= 15 is 0 Å². The number of nitrogens with zero attached hydrogens (tertiary/aromatic N) is 2. The predicted octanol–water partition coefficient (Wildman–Crippen LogP) is 5.03. The Morgan fingerprint density at radius 2 is 1.93 bits per heavy atom. The lowest BCUT2D eigenvalue weighted by atomic mass is 10.1. The first-order valence-electron chi connectivity index (χ1n) is 7.57. The summed E-state index contributed by atoms with van der Waals surface area (Å²) in [6, 6.07) is 14.2. The van der Waals surface area contributed by atoms with Gasteiger partial charge in [-0.2, -0.15) is 5.10 Å². The fraction of sp³-hybridized carbons (Fsp3) is 0. The van der Waals surface area contributed by atoms with Gasteiger partial charge in [0.05, 0.1) is 16.2 Å². The molecule has 0 bridgehead atoms. The molecule has 1 amide bonds. The third kappa shape index (κ3) is 4.60. The van der Waals surface area contributed by atoms with Crippen molar-refractivity contribution in [3.05, 3.63) is 85.5 Å². The van der Waals surface area contributed by atoms with E-state index in [0.29, 0.717) is 22.6 Å². The molecule has 3 aromatic rings. The number of carbonyl (C=O) groups excluding carboxylic acids is 1. The largest absolute Gasteiger partial charge is 0.455 e. The summed E-state index contributed by atoms with van der Waals surface area (Å²) in [4.78, 5) is 22.2. The van der Waals surface area contributed by atoms with Crippen LogP contribution >= 0.6 is 27.5 Å². The number of carbonyl (C=O) groups is 1. The number of amides is 1. The monoisotopic (exact) mass is 447 g/mol. The van der Waals surface area contributed by atoms with Crippen molar-refractivity contribution in [3.8, 4) is 11.3 Å². The van der Waals surface area contributed by atoms with E-state index in [-0.39, 0.29) is 16.6 Å². The maximum atomic E-state index is 12.0. The number of nitrogens with one attached hydrogen (secondary N) is 1. The van der Waals surface area contributed by atoms with Crippen molar-refractivity contribution < 1.29 is 14.1 Å². The lowest BCUT2D eigenvalue weighted by Gasteiger charge is -2.00. The quantitative estimate of drug-likeness (QED) is 0.336. The molecule has 0 aliphatic heterocycles. The van der Waals surface area contributed by atoms with Crippen LogP contribution in [0.3, 0.4) is 0 Å². The van der Waals surface area contributed by atoms with Gasteiger partial charge in [-0.3, -0.25) is 14.9 Å². The van der Waals surface area contributed by atoms with E-state index in [0.717, 1.165) is 4.47 Å². The molecule has 7 nitrogen and oxygen atoms in total. The second kappa shape index (κ2) is 8.15. The van der Waals surface area contributed by atoms with Crippen LogP contribution in [0.4, 0.5) is 5.69 Å². The summed E-state index contributed by atoms with van der Waals surface area (Å²) in [7, 11) is 0. The summed E-state index contributed by atoms with van der Waals surface area (Å²) in [6.07, 6.45) is 1.35. The molecule has 0 spiro atoms. The molecule has 1 heterocycles. The molecule has 0 unspecified atom stereocenters. The number of halogens is 2. The zero-order valence-corrected chi connectivity index (χ0v) is 15.9. The highest BCUT2D eigenvalue weighted by Gasteiger charge is 2.13. The zero-order valence-electron chi connectivity index (χ0n) is 13.6. The van der Waals surface area contributed by atoms with E-state index in [1.807, 2.05) is 0 Å². The molecular formula is C18H11BrClN3O4. The predicted molar refractivity (Wildman–Crippen MR) is 105 cm³/mol. The number of hydrogen-bond acceptors (Lipinski definition) is 5. The summed E-state index contributed by atoms with van der Waals surface area (Å²) in [6.45, 7) is 0. The van der Waals surface area contributed by atoms with Crippen LogP contribution in [-0.2, 0) is 0 Å². The molecule has 2 aromatic carbocycles. The Labute approximate surface area is 166 Å². The summed E-state index contributed by atoms with van der Waals surface area (Å²) >= 11 is 9.38. The van der Waals surface area contributed by atoms with Gasteiger partial charge in [0.15, 0.2) is 0 Å². The molecule has 3 rings (SSSR count). The van der Waals surface area contributed by atoms with Gasteiger partial charge in [-0.25, -0.2) is 5.43 Å². The van der Waals surface area contributed by atoms with Gasteiger partial charge in [-0.05, 0) is 42.5 Å². The normalized spacial score (nSPS) is 10.9. The molecule has 0 saturated carbocycles. The van der Waals surface area contributed by atoms with Crippen LogP contribution in [0.2, 0.25) is 5.02 Å². The number of non-ortho nitro benzene ring substituents is 1. The average Bonchev–Trinajstić information content (AvgIpc) is 3.10. The number of hydrogen-bond donors (Lipinski definition) is 1. The third-order valence-corrected chi connectivity index (χ3v) is 4.36. The van der Waals surface area contributed by atoms with Crippen LogP contribution in [0, 0.1) is 10.1 Å². The highest BCUT2D eigenvalue weighted by Crippen LogP contribution is 2.32. The Bertz CT molecular complexity index is 1030. The summed E-state index contributed by atoms with van der Waals surface area (Å²) in [5.41, 5.74) is 3.28. The first-order valence-corrected chi connectivity index (χ1v) is 8.74. The molecular weight excluding hydrogens is 438 g/mol. The Kier molecular flexibility index (Phi) is 5.68. The van der Waals surface area contributed by atoms with Crippen molar-refractivity contribution in [1.29, 1.82) is 0 Å². The van der Waals surface area contributed by atoms with Crippen LogP contribution in [-0.4, -0.2) is 17.0 Å². The van der Waals surface area contributed by atoms with Gasteiger partial charge >= 0.3 is 0 Å². The fourth-order valence-corrected chi connectivity index (χ4v) is 2.74. The minimum atomic E-state index is -0.524. The average molecular weight is 449 g/mol. The molecule has 1 aromatic heterocycles. The van der Waals surface area contributed by atoms with Crippen LogP contribution in [0.1, 0.15) is 16.1 Å². The first-order chi connectivity index (χ1) is 12.9. The number of hydrazone groups is 1. The fourth-order valence-electron chi connectivity index (χ4n) is 2.20. The Hall–Kier alpha value is -2.97. The Morgan fingerprint density at radius 3 is 2.59 bits per heavy atom. The number of nitro groups is 1. The molecule has 0 fully saturated rings. The van der Waals surface area contributed by atoms with Crippen molar-refractivity contribution in [3.63, 3.8) is 0 Å². The highest BCUT2D eigenvalue weighted by molar-refractivity contribution is 9.10. The number of benzene rings is 2. The number of nitro benzene ring substituents is 1. The second-order valence-electron chi connectivity index (χ2n) is 5.33. The van der Waals surface area contributed by atoms with E-state index in [9.17, 15) is 14.9 Å². The van der Waals surface area contributed by atoms with Crippen LogP contribution in [0.25, 0.3) is 11.3 Å². The van der Waals surface area contributed by atoms with Crippen molar-refractivity contribution >= 4 is 45.3 Å². The van der Waals surface area contributed by atoms with E-state index in [2.05, 4.69) is 26.5 Å². The summed E-state index contributed by atoms with van der Waals surface area (Å²) < 4.78 is 6.46. The van der Waals surface area contributed by atoms with Crippen LogP contribution in [0.15, 0.2) is 68.6 Å². The highest BCUT2D eigenvalue weighted by atomic mass is 79.9. The summed E-state index contributed by atoms with van der Waals surface area (Å²) in [5.74, 6) is 0.454. The van der Waals surface area contributed by atoms with Gasteiger partial charge < -0.3 is 4.42 Å². The summed E-state index contributed by atoms with van der Waals surface area (Å²) in [5, 5.41) is 14.8. The van der Waals surface area contributed by atoms with Gasteiger partial charge in [0.1, 0.15) is 11.5 Å². The topological polar surface area (TPSA) is 97.7 Å². The van der Waals surface area contributed by atoms with Crippen molar-refractivity contribution in [1.82, 2.24) is 5.43 Å². The molecule has 0 saturated heterocycles. The molecule has 0 aliphatic carbocycles. The SMILES string of the molecule is O=C(N/N=C/c1ccc(-c2ccc([N+](=O)[O-])cc2Cl)o1)c1ccc(Br)cc1. The minimum Gasteiger partial charge on any atom is -0.455 e. The first kappa shape index (κ1) is 18.8. The van der Waals surface area contributed by atoms with Gasteiger partial charge in [-0.1, -0.05) is 27.5 Å². The molecule has 136 valence electrons. The van der Waals surface area contributed by atoms with Crippen LogP contribution < -0.4 is 5.43 Å². The van der Waals surface area contributed by atoms with Crippen molar-refractivity contribution in [2.45, 2.75) is 0 Å². The maximum Gasteiger partial charge on any atom is 0.271 e. The minimum absolute atomic E-state index is 0.104. The van der Waals surface area contributed by atoms with Gasteiger partial charge in [0.2, 0.25) is 0 Å². The van der Waals surface area contributed by atoms with Crippen molar-refractivity contribution in [2.75, 3.05) is 0 Å². The number of furan rings is 1. The lowest BCUT2D eigenvalue weighted by Crippen LogP contribution is -2.17. The van der Waals surface area contributed by atoms with Crippen molar-refractivity contribution in [2.24, 2.45) is 5.10 Å². The lowest BCUT2D eigenvalue weighted by molar-refractivity contribution is -0.384. The molecule has 9 heteroatoms. The molecule has 27 heavy (non-hydrogen) atoms.